The Kier molecular flexibility index (Phi) is 7.83. The van der Waals surface area contributed by atoms with E-state index in [0.29, 0.717) is 12.2 Å². The van der Waals surface area contributed by atoms with E-state index >= 15 is 0 Å². The minimum Gasteiger partial charge on any atom is -0.452 e. The summed E-state index contributed by atoms with van der Waals surface area (Å²) in [5.74, 6) is -0.519. The van der Waals surface area contributed by atoms with Gasteiger partial charge in [-0.15, -0.1) is 0 Å². The Morgan fingerprint density at radius 1 is 1.29 bits per heavy atom. The highest BCUT2D eigenvalue weighted by Crippen LogP contribution is 2.24. The molecule has 0 bridgehead atoms. The number of halogens is 1. The van der Waals surface area contributed by atoms with E-state index in [9.17, 15) is 19.1 Å². The molecule has 2 heterocycles. The van der Waals surface area contributed by atoms with Crippen LogP contribution < -0.4 is 15.6 Å². The lowest BCUT2D eigenvalue weighted by molar-refractivity contribution is -0.120. The van der Waals surface area contributed by atoms with Crippen LogP contribution in [0.15, 0.2) is 53.6 Å². The zero-order chi connectivity index (χ0) is 24.9. The van der Waals surface area contributed by atoms with Gasteiger partial charge in [0, 0.05) is 18.3 Å². The number of para-hydroxylation sites is 1. The van der Waals surface area contributed by atoms with Crippen LogP contribution in [0.5, 0.6) is 11.5 Å². The van der Waals surface area contributed by atoms with E-state index in [0.717, 1.165) is 11.1 Å². The molecule has 0 spiro atoms. The van der Waals surface area contributed by atoms with Gasteiger partial charge in [-0.1, -0.05) is 32.4 Å². The molecule has 1 aromatic carbocycles. The molecular formula is C24H30FN5O4. The fraction of sp³-hybridized carbons (Fsp3) is 0.417. The third kappa shape index (κ3) is 6.74. The molecule has 3 aromatic rings. The smallest absolute Gasteiger partial charge is 0.271 e. The highest BCUT2D eigenvalue weighted by molar-refractivity contribution is 5.92. The zero-order valence-corrected chi connectivity index (χ0v) is 19.7. The Morgan fingerprint density at radius 3 is 2.68 bits per heavy atom. The summed E-state index contributed by atoms with van der Waals surface area (Å²) in [5, 5.41) is 21.1. The number of amides is 1. The molecule has 1 amide bonds. The molecule has 0 fully saturated rings. The van der Waals surface area contributed by atoms with Crippen LogP contribution in [-0.2, 0) is 11.3 Å². The molecule has 182 valence electrons. The van der Waals surface area contributed by atoms with Gasteiger partial charge in [-0.3, -0.25) is 14.3 Å². The van der Waals surface area contributed by atoms with E-state index in [-0.39, 0.29) is 24.0 Å². The number of carbonyl (C=O) groups excluding carboxylic acids is 1. The summed E-state index contributed by atoms with van der Waals surface area (Å²) in [7, 11) is 0. The first-order chi connectivity index (χ1) is 16.1. The number of hydrogen-bond donors (Lipinski definition) is 2. The average Bonchev–Trinajstić information content (AvgIpc) is 3.18. The Balaban J connectivity index is 1.82. The molecule has 0 radical (unpaired) electrons. The van der Waals surface area contributed by atoms with Gasteiger partial charge in [0.1, 0.15) is 6.04 Å². The van der Waals surface area contributed by atoms with Gasteiger partial charge in [0.15, 0.2) is 23.1 Å². The second-order valence-corrected chi connectivity index (χ2v) is 8.97. The van der Waals surface area contributed by atoms with Crippen LogP contribution in [0, 0.1) is 11.7 Å². The number of nitrogens with one attached hydrogen (secondary N) is 1. The molecule has 9 nitrogen and oxygen atoms in total. The topological polar surface area (TPSA) is 111 Å². The fourth-order valence-corrected chi connectivity index (χ4v) is 3.33. The van der Waals surface area contributed by atoms with Crippen molar-refractivity contribution >= 4 is 11.7 Å². The minimum absolute atomic E-state index is 0.0306. The molecular weight excluding hydrogens is 441 g/mol. The summed E-state index contributed by atoms with van der Waals surface area (Å²) in [6.07, 6.45) is 4.12. The van der Waals surface area contributed by atoms with Crippen molar-refractivity contribution in [3.05, 3.63) is 65.0 Å². The molecule has 34 heavy (non-hydrogen) atoms. The van der Waals surface area contributed by atoms with Gasteiger partial charge in [0.25, 0.3) is 11.5 Å². The summed E-state index contributed by atoms with van der Waals surface area (Å²) < 4.78 is 21.9. The molecule has 0 aliphatic heterocycles. The predicted molar refractivity (Wildman–Crippen MR) is 125 cm³/mol. The molecule has 2 aromatic heterocycles. The number of benzene rings is 1. The largest absolute Gasteiger partial charge is 0.452 e. The van der Waals surface area contributed by atoms with E-state index in [2.05, 4.69) is 15.5 Å². The van der Waals surface area contributed by atoms with Crippen LogP contribution in [-0.4, -0.2) is 36.2 Å². The lowest BCUT2D eigenvalue weighted by Crippen LogP contribution is -2.36. The van der Waals surface area contributed by atoms with Crippen molar-refractivity contribution in [3.63, 3.8) is 0 Å². The summed E-state index contributed by atoms with van der Waals surface area (Å²) >= 11 is 0. The highest BCUT2D eigenvalue weighted by Gasteiger charge is 2.26. The molecule has 2 N–H and O–H groups in total. The van der Waals surface area contributed by atoms with E-state index < -0.39 is 28.9 Å². The van der Waals surface area contributed by atoms with Gasteiger partial charge < -0.3 is 15.2 Å². The van der Waals surface area contributed by atoms with Crippen molar-refractivity contribution in [2.45, 2.75) is 58.7 Å². The summed E-state index contributed by atoms with van der Waals surface area (Å²) in [5.41, 5.74) is -1.51. The SMILES string of the molecule is CCC(C)CC(C(=O)Nc1ccn(CC(C)(C)O)n1)n1ncc(Oc2ccccc2F)cc1=O. The number of ether oxygens (including phenoxy) is 1. The Labute approximate surface area is 197 Å². The maximum atomic E-state index is 13.9. The molecule has 3 rings (SSSR count). The maximum absolute atomic E-state index is 13.9. The predicted octanol–water partition coefficient (Wildman–Crippen LogP) is 3.76. The molecule has 0 saturated heterocycles. The Hall–Kier alpha value is -3.53. The van der Waals surface area contributed by atoms with Crippen molar-refractivity contribution < 1.29 is 19.0 Å². The third-order valence-corrected chi connectivity index (χ3v) is 5.23. The van der Waals surface area contributed by atoms with Crippen LogP contribution in [0.4, 0.5) is 10.2 Å². The van der Waals surface area contributed by atoms with Crippen molar-refractivity contribution in [1.82, 2.24) is 19.6 Å². The first-order valence-corrected chi connectivity index (χ1v) is 11.1. The first kappa shape index (κ1) is 25.1. The van der Waals surface area contributed by atoms with Gasteiger partial charge in [0.05, 0.1) is 18.3 Å². The number of rotatable bonds is 10. The van der Waals surface area contributed by atoms with Crippen molar-refractivity contribution in [1.29, 1.82) is 0 Å². The zero-order valence-electron chi connectivity index (χ0n) is 19.7. The van der Waals surface area contributed by atoms with E-state index in [1.54, 1.807) is 32.2 Å². The van der Waals surface area contributed by atoms with Gasteiger partial charge in [-0.2, -0.15) is 10.2 Å². The fourth-order valence-electron chi connectivity index (χ4n) is 3.33. The van der Waals surface area contributed by atoms with Gasteiger partial charge >= 0.3 is 0 Å². The van der Waals surface area contributed by atoms with E-state index in [1.807, 2.05) is 13.8 Å². The van der Waals surface area contributed by atoms with E-state index in [4.69, 9.17) is 4.74 Å². The van der Waals surface area contributed by atoms with Gasteiger partial charge in [-0.25, -0.2) is 9.07 Å². The third-order valence-electron chi connectivity index (χ3n) is 5.23. The second-order valence-electron chi connectivity index (χ2n) is 8.97. The van der Waals surface area contributed by atoms with Crippen LogP contribution >= 0.6 is 0 Å². The number of aromatic nitrogens is 4. The minimum atomic E-state index is -0.962. The monoisotopic (exact) mass is 471 g/mol. The average molecular weight is 472 g/mol. The molecule has 2 unspecified atom stereocenters. The van der Waals surface area contributed by atoms with Crippen molar-refractivity contribution in [2.75, 3.05) is 5.32 Å². The van der Waals surface area contributed by atoms with Crippen molar-refractivity contribution in [3.8, 4) is 11.5 Å². The molecule has 2 atom stereocenters. The number of anilines is 1. The number of hydrogen-bond acceptors (Lipinski definition) is 6. The Bertz CT molecular complexity index is 1180. The summed E-state index contributed by atoms with van der Waals surface area (Å²) in [6.45, 7) is 7.56. The lowest BCUT2D eigenvalue weighted by Gasteiger charge is -2.21. The second kappa shape index (κ2) is 10.6. The molecule has 0 aliphatic carbocycles. The number of aliphatic hydroxyl groups is 1. The number of carbonyl (C=O) groups is 1. The van der Waals surface area contributed by atoms with Gasteiger partial charge in [-0.05, 0) is 38.3 Å². The maximum Gasteiger partial charge on any atom is 0.271 e. The summed E-state index contributed by atoms with van der Waals surface area (Å²) in [6, 6.07) is 7.74. The van der Waals surface area contributed by atoms with Crippen LogP contribution in [0.25, 0.3) is 0 Å². The lowest BCUT2D eigenvalue weighted by atomic mass is 9.99. The number of nitrogens with zero attached hydrogens (tertiary/aromatic N) is 4. The standard InChI is InChI=1S/C24H30FN5O4/c1-5-16(2)12-19(23(32)27-21-10-11-29(28-21)15-24(3,4)33)30-22(31)13-17(14-26-30)34-20-9-7-6-8-18(20)25/h6-11,13-14,16,19,33H,5,12,15H2,1-4H3,(H,27,28,32). The molecule has 10 heteroatoms. The molecule has 0 aliphatic rings. The van der Waals surface area contributed by atoms with Crippen LogP contribution in [0.3, 0.4) is 0 Å². The Morgan fingerprint density at radius 2 is 2.03 bits per heavy atom. The van der Waals surface area contributed by atoms with Gasteiger partial charge in [0.2, 0.25) is 0 Å². The van der Waals surface area contributed by atoms with Crippen LogP contribution in [0.1, 0.15) is 46.6 Å². The van der Waals surface area contributed by atoms with E-state index in [1.165, 1.54) is 35.1 Å². The normalized spacial score (nSPS) is 13.4. The quantitative estimate of drug-likeness (QED) is 0.466. The summed E-state index contributed by atoms with van der Waals surface area (Å²) in [4.78, 5) is 26.0. The first-order valence-electron chi connectivity index (χ1n) is 11.1. The van der Waals surface area contributed by atoms with Crippen molar-refractivity contribution in [2.24, 2.45) is 5.92 Å². The van der Waals surface area contributed by atoms with Crippen LogP contribution in [0.2, 0.25) is 0 Å². The molecule has 0 saturated carbocycles. The highest BCUT2D eigenvalue weighted by atomic mass is 19.1.